The molecule has 1 heterocycles. The number of aryl methyl sites for hydroxylation is 1. The molecule has 0 amide bonds. The van der Waals surface area contributed by atoms with Crippen molar-refractivity contribution in [2.24, 2.45) is 5.73 Å². The number of benzene rings is 1. The molecule has 0 aliphatic carbocycles. The van der Waals surface area contributed by atoms with Crippen LogP contribution < -0.4 is 11.4 Å². The Bertz CT molecular complexity index is 690. The first-order valence-corrected chi connectivity index (χ1v) is 6.78. The van der Waals surface area contributed by atoms with Crippen LogP contribution in [0.1, 0.15) is 24.5 Å². The van der Waals surface area contributed by atoms with E-state index in [1.807, 2.05) is 6.92 Å². The highest BCUT2D eigenvalue weighted by Gasteiger charge is 2.11. The molecular formula is C14H16FN3OS. The Labute approximate surface area is 121 Å². The number of hydrogen-bond acceptors (Lipinski definition) is 2. The summed E-state index contributed by atoms with van der Waals surface area (Å²) >= 11 is 4.80. The maximum atomic E-state index is 14.2. The van der Waals surface area contributed by atoms with E-state index in [1.165, 1.54) is 10.6 Å². The molecular weight excluding hydrogens is 277 g/mol. The molecule has 0 saturated heterocycles. The zero-order valence-electron chi connectivity index (χ0n) is 11.2. The van der Waals surface area contributed by atoms with Crippen LogP contribution in [0.4, 0.5) is 4.39 Å². The van der Waals surface area contributed by atoms with E-state index in [2.05, 4.69) is 0 Å². The van der Waals surface area contributed by atoms with Gasteiger partial charge in [0.1, 0.15) is 10.8 Å². The Morgan fingerprint density at radius 2 is 2.05 bits per heavy atom. The van der Waals surface area contributed by atoms with Crippen molar-refractivity contribution < 1.29 is 4.39 Å². The van der Waals surface area contributed by atoms with E-state index in [0.717, 1.165) is 6.42 Å². The molecule has 1 aromatic heterocycles. The predicted octanol–water partition coefficient (Wildman–Crippen LogP) is 1.88. The number of aromatic nitrogens is 2. The molecule has 0 saturated carbocycles. The molecule has 0 bridgehead atoms. The Morgan fingerprint density at radius 1 is 1.35 bits per heavy atom. The quantitative estimate of drug-likeness (QED) is 0.856. The van der Waals surface area contributed by atoms with Crippen LogP contribution in [0.5, 0.6) is 0 Å². The minimum Gasteiger partial charge on any atom is -0.389 e. The first-order valence-electron chi connectivity index (χ1n) is 6.37. The number of nitrogens with two attached hydrogens (primary N) is 1. The summed E-state index contributed by atoms with van der Waals surface area (Å²) < 4.78 is 17.3. The van der Waals surface area contributed by atoms with Crippen molar-refractivity contribution in [3.63, 3.8) is 0 Å². The lowest BCUT2D eigenvalue weighted by molar-refractivity contribution is 0.583. The van der Waals surface area contributed by atoms with Crippen molar-refractivity contribution in [1.29, 1.82) is 0 Å². The molecule has 2 rings (SSSR count). The largest absolute Gasteiger partial charge is 0.389 e. The lowest BCUT2D eigenvalue weighted by atomic mass is 10.1. The van der Waals surface area contributed by atoms with Gasteiger partial charge in [0.15, 0.2) is 0 Å². The van der Waals surface area contributed by atoms with Crippen molar-refractivity contribution >= 4 is 17.2 Å². The second-order valence-electron chi connectivity index (χ2n) is 4.54. The van der Waals surface area contributed by atoms with Gasteiger partial charge in [0.25, 0.3) is 0 Å². The highest BCUT2D eigenvalue weighted by atomic mass is 32.1. The van der Waals surface area contributed by atoms with Crippen LogP contribution in [-0.2, 0) is 13.1 Å². The first-order chi connectivity index (χ1) is 9.54. The van der Waals surface area contributed by atoms with Gasteiger partial charge < -0.3 is 5.73 Å². The van der Waals surface area contributed by atoms with Crippen LogP contribution in [0.15, 0.2) is 35.4 Å². The molecule has 0 spiro atoms. The molecule has 0 unspecified atom stereocenters. The third-order valence-electron chi connectivity index (χ3n) is 3.07. The SMILES string of the molecule is CCCn1ccn(Cc2cccc(C(N)=S)c2F)c1=O. The van der Waals surface area contributed by atoms with Crippen LogP contribution >= 0.6 is 12.2 Å². The van der Waals surface area contributed by atoms with Gasteiger partial charge in [0.05, 0.1) is 6.54 Å². The van der Waals surface area contributed by atoms with E-state index in [9.17, 15) is 9.18 Å². The van der Waals surface area contributed by atoms with E-state index in [1.54, 1.807) is 29.1 Å². The fourth-order valence-corrected chi connectivity index (χ4v) is 2.22. The summed E-state index contributed by atoms with van der Waals surface area (Å²) in [4.78, 5) is 12.1. The highest BCUT2D eigenvalue weighted by Crippen LogP contribution is 2.14. The number of hydrogen-bond donors (Lipinski definition) is 1. The Morgan fingerprint density at radius 3 is 2.70 bits per heavy atom. The Hall–Kier alpha value is -1.95. The van der Waals surface area contributed by atoms with Crippen molar-refractivity contribution in [2.75, 3.05) is 0 Å². The Balaban J connectivity index is 2.33. The summed E-state index contributed by atoms with van der Waals surface area (Å²) in [6, 6.07) is 4.84. The third-order valence-corrected chi connectivity index (χ3v) is 3.29. The fraction of sp³-hybridized carbons (Fsp3) is 0.286. The lowest BCUT2D eigenvalue weighted by Crippen LogP contribution is -2.25. The molecule has 2 N–H and O–H groups in total. The third kappa shape index (κ3) is 2.80. The van der Waals surface area contributed by atoms with Crippen LogP contribution in [0.2, 0.25) is 0 Å². The van der Waals surface area contributed by atoms with Gasteiger partial charge in [0.2, 0.25) is 0 Å². The molecule has 1 aromatic carbocycles. The molecule has 0 atom stereocenters. The van der Waals surface area contributed by atoms with E-state index in [4.69, 9.17) is 18.0 Å². The predicted molar refractivity (Wildman–Crippen MR) is 80.4 cm³/mol. The number of rotatable bonds is 5. The van der Waals surface area contributed by atoms with Gasteiger partial charge in [-0.2, -0.15) is 0 Å². The summed E-state index contributed by atoms with van der Waals surface area (Å²) in [7, 11) is 0. The van der Waals surface area contributed by atoms with Crippen molar-refractivity contribution in [3.8, 4) is 0 Å². The second-order valence-corrected chi connectivity index (χ2v) is 4.98. The fourth-order valence-electron chi connectivity index (χ4n) is 2.06. The monoisotopic (exact) mass is 293 g/mol. The van der Waals surface area contributed by atoms with E-state index >= 15 is 0 Å². The number of imidazole rings is 1. The van der Waals surface area contributed by atoms with Gasteiger partial charge >= 0.3 is 5.69 Å². The highest BCUT2D eigenvalue weighted by molar-refractivity contribution is 7.80. The zero-order chi connectivity index (χ0) is 14.7. The van der Waals surface area contributed by atoms with Crippen LogP contribution in [-0.4, -0.2) is 14.1 Å². The summed E-state index contributed by atoms with van der Waals surface area (Å²) in [5.41, 5.74) is 5.92. The molecule has 0 aliphatic rings. The second kappa shape index (κ2) is 6.00. The van der Waals surface area contributed by atoms with Gasteiger partial charge in [0, 0.05) is 30.1 Å². The van der Waals surface area contributed by atoms with Crippen molar-refractivity contribution in [2.45, 2.75) is 26.4 Å². The van der Waals surface area contributed by atoms with E-state index < -0.39 is 5.82 Å². The van der Waals surface area contributed by atoms with Crippen molar-refractivity contribution in [3.05, 3.63) is 58.0 Å². The van der Waals surface area contributed by atoms with Crippen LogP contribution in [0.3, 0.4) is 0 Å². The smallest absolute Gasteiger partial charge is 0.328 e. The normalized spacial score (nSPS) is 10.7. The van der Waals surface area contributed by atoms with Gasteiger partial charge in [-0.3, -0.25) is 9.13 Å². The average Bonchev–Trinajstić information content (AvgIpc) is 2.74. The summed E-state index contributed by atoms with van der Waals surface area (Å²) in [6.45, 7) is 2.81. The molecule has 20 heavy (non-hydrogen) atoms. The number of thiocarbonyl (C=S) groups is 1. The number of nitrogens with zero attached hydrogens (tertiary/aromatic N) is 2. The molecule has 2 aromatic rings. The van der Waals surface area contributed by atoms with Crippen molar-refractivity contribution in [1.82, 2.24) is 9.13 Å². The Kier molecular flexibility index (Phi) is 4.34. The molecule has 6 heteroatoms. The first kappa shape index (κ1) is 14.5. The molecule has 0 aliphatic heterocycles. The summed E-state index contributed by atoms with van der Waals surface area (Å²) in [6.07, 6.45) is 4.24. The van der Waals surface area contributed by atoms with Crippen LogP contribution in [0, 0.1) is 5.82 Å². The standard InChI is InChI=1S/C14H16FN3OS/c1-2-6-17-7-8-18(14(17)19)9-10-4-3-5-11(12(10)15)13(16)20/h3-5,7-8H,2,6,9H2,1H3,(H2,16,20). The minimum atomic E-state index is -0.463. The molecule has 4 nitrogen and oxygen atoms in total. The molecule has 0 radical (unpaired) electrons. The lowest BCUT2D eigenvalue weighted by Gasteiger charge is -2.07. The van der Waals surface area contributed by atoms with Gasteiger partial charge in [-0.25, -0.2) is 9.18 Å². The van der Waals surface area contributed by atoms with E-state index in [-0.39, 0.29) is 22.8 Å². The molecule has 0 fully saturated rings. The molecule has 106 valence electrons. The van der Waals surface area contributed by atoms with E-state index in [0.29, 0.717) is 12.1 Å². The summed E-state index contributed by atoms with van der Waals surface area (Å²) in [5.74, 6) is -0.463. The average molecular weight is 293 g/mol. The zero-order valence-corrected chi connectivity index (χ0v) is 12.0. The van der Waals surface area contributed by atoms with Crippen LogP contribution in [0.25, 0.3) is 0 Å². The topological polar surface area (TPSA) is 52.9 Å². The van der Waals surface area contributed by atoms with Gasteiger partial charge in [-0.05, 0) is 12.5 Å². The number of halogens is 1. The maximum Gasteiger partial charge on any atom is 0.328 e. The minimum absolute atomic E-state index is 0.0141. The maximum absolute atomic E-state index is 14.2. The van der Waals surface area contributed by atoms with Gasteiger partial charge in [-0.1, -0.05) is 31.3 Å². The summed E-state index contributed by atoms with van der Waals surface area (Å²) in [5, 5.41) is 0. The van der Waals surface area contributed by atoms with Gasteiger partial charge in [-0.15, -0.1) is 0 Å².